The molecule has 2 rings (SSSR count). The zero-order chi connectivity index (χ0) is 13.8. The fourth-order valence-corrected chi connectivity index (χ4v) is 3.17. The van der Waals surface area contributed by atoms with Crippen LogP contribution in [0.1, 0.15) is 24.1 Å². The molecule has 0 spiro atoms. The largest absolute Gasteiger partial charge is 0.495 e. The van der Waals surface area contributed by atoms with Crippen molar-refractivity contribution in [2.45, 2.75) is 13.0 Å². The zero-order valence-corrected chi connectivity index (χ0v) is 13.1. The second-order valence-corrected chi connectivity index (χ2v) is 5.65. The van der Waals surface area contributed by atoms with Crippen LogP contribution in [0.5, 0.6) is 5.75 Å². The molecule has 0 aliphatic carbocycles. The molecule has 0 saturated heterocycles. The van der Waals surface area contributed by atoms with E-state index in [1.165, 1.54) is 5.56 Å². The van der Waals surface area contributed by atoms with Gasteiger partial charge < -0.3 is 10.1 Å². The van der Waals surface area contributed by atoms with Crippen LogP contribution in [0.2, 0.25) is 10.0 Å². The number of rotatable bonds is 5. The highest BCUT2D eigenvalue weighted by molar-refractivity contribution is 7.08. The maximum Gasteiger partial charge on any atom is 0.138 e. The summed E-state index contributed by atoms with van der Waals surface area (Å²) in [7, 11) is 1.58. The number of benzene rings is 1. The van der Waals surface area contributed by atoms with Crippen molar-refractivity contribution in [1.29, 1.82) is 0 Å². The average molecular weight is 316 g/mol. The van der Waals surface area contributed by atoms with Crippen molar-refractivity contribution in [3.63, 3.8) is 0 Å². The molecule has 0 aliphatic rings. The van der Waals surface area contributed by atoms with Crippen molar-refractivity contribution < 1.29 is 4.74 Å². The molecule has 0 fully saturated rings. The number of ether oxygens (including phenoxy) is 1. The van der Waals surface area contributed by atoms with E-state index in [4.69, 9.17) is 27.9 Å². The van der Waals surface area contributed by atoms with Crippen LogP contribution in [0, 0.1) is 0 Å². The van der Waals surface area contributed by atoms with E-state index in [0.717, 1.165) is 12.1 Å². The predicted octanol–water partition coefficient (Wildman–Crippen LogP) is 4.76. The number of hydrogen-bond acceptors (Lipinski definition) is 3. The van der Waals surface area contributed by atoms with E-state index in [1.54, 1.807) is 24.5 Å². The molecular formula is C14H15Cl2NOS. The van der Waals surface area contributed by atoms with Gasteiger partial charge in [-0.2, -0.15) is 11.3 Å². The number of methoxy groups -OCH3 is 1. The van der Waals surface area contributed by atoms with Crippen LogP contribution >= 0.6 is 34.5 Å². The fraction of sp³-hybridized carbons (Fsp3) is 0.286. The zero-order valence-electron chi connectivity index (χ0n) is 10.7. The second-order valence-electron chi connectivity index (χ2n) is 4.06. The van der Waals surface area contributed by atoms with Gasteiger partial charge in [0, 0.05) is 11.1 Å². The minimum atomic E-state index is 0.0483. The molecule has 19 heavy (non-hydrogen) atoms. The van der Waals surface area contributed by atoms with Gasteiger partial charge >= 0.3 is 0 Å². The summed E-state index contributed by atoms with van der Waals surface area (Å²) in [4.78, 5) is 0. The van der Waals surface area contributed by atoms with Gasteiger partial charge in [0.2, 0.25) is 0 Å². The van der Waals surface area contributed by atoms with Gasteiger partial charge in [0.05, 0.1) is 18.2 Å². The molecule has 2 aromatic rings. The first kappa shape index (κ1) is 14.7. The molecule has 0 bridgehead atoms. The first-order valence-corrected chi connectivity index (χ1v) is 7.65. The monoisotopic (exact) mass is 315 g/mol. The molecule has 0 radical (unpaired) electrons. The fourth-order valence-electron chi connectivity index (χ4n) is 1.97. The first-order chi connectivity index (χ1) is 9.17. The van der Waals surface area contributed by atoms with Crippen LogP contribution < -0.4 is 10.1 Å². The van der Waals surface area contributed by atoms with Gasteiger partial charge in [0.25, 0.3) is 0 Å². The molecule has 1 atom stereocenters. The van der Waals surface area contributed by atoms with Crippen molar-refractivity contribution in [2.75, 3.05) is 13.7 Å². The Morgan fingerprint density at radius 2 is 2.11 bits per heavy atom. The van der Waals surface area contributed by atoms with Crippen LogP contribution in [0.4, 0.5) is 0 Å². The lowest BCUT2D eigenvalue weighted by Crippen LogP contribution is -2.21. The SMILES string of the molecule is CCNC(c1ccsc1)c1cc(Cl)c(OC)cc1Cl. The highest BCUT2D eigenvalue weighted by Gasteiger charge is 2.18. The highest BCUT2D eigenvalue weighted by Crippen LogP contribution is 2.36. The van der Waals surface area contributed by atoms with Crippen LogP contribution in [0.3, 0.4) is 0 Å². The second kappa shape index (κ2) is 6.62. The van der Waals surface area contributed by atoms with E-state index in [0.29, 0.717) is 15.8 Å². The lowest BCUT2D eigenvalue weighted by molar-refractivity contribution is 0.414. The van der Waals surface area contributed by atoms with Crippen LogP contribution in [-0.4, -0.2) is 13.7 Å². The summed E-state index contributed by atoms with van der Waals surface area (Å²) in [6.45, 7) is 2.92. The van der Waals surface area contributed by atoms with E-state index in [1.807, 2.05) is 6.07 Å². The van der Waals surface area contributed by atoms with E-state index in [9.17, 15) is 0 Å². The Morgan fingerprint density at radius 1 is 1.32 bits per heavy atom. The number of halogens is 2. The molecule has 1 unspecified atom stereocenters. The van der Waals surface area contributed by atoms with Crippen molar-refractivity contribution in [3.05, 3.63) is 50.1 Å². The van der Waals surface area contributed by atoms with E-state index in [2.05, 4.69) is 29.1 Å². The summed E-state index contributed by atoms with van der Waals surface area (Å²) in [5, 5.41) is 8.82. The summed E-state index contributed by atoms with van der Waals surface area (Å²) < 4.78 is 5.18. The number of thiophene rings is 1. The third kappa shape index (κ3) is 3.23. The van der Waals surface area contributed by atoms with Crippen molar-refractivity contribution in [3.8, 4) is 5.75 Å². The summed E-state index contributed by atoms with van der Waals surface area (Å²) in [5.74, 6) is 0.594. The molecule has 1 heterocycles. The smallest absolute Gasteiger partial charge is 0.138 e. The highest BCUT2D eigenvalue weighted by atomic mass is 35.5. The summed E-state index contributed by atoms with van der Waals surface area (Å²) in [6, 6.07) is 5.77. The lowest BCUT2D eigenvalue weighted by Gasteiger charge is -2.20. The van der Waals surface area contributed by atoms with Gasteiger partial charge in [-0.25, -0.2) is 0 Å². The van der Waals surface area contributed by atoms with Gasteiger partial charge in [0.1, 0.15) is 5.75 Å². The minimum absolute atomic E-state index is 0.0483. The average Bonchev–Trinajstić information content (AvgIpc) is 2.92. The molecule has 1 aromatic heterocycles. The minimum Gasteiger partial charge on any atom is -0.495 e. The van der Waals surface area contributed by atoms with Crippen LogP contribution in [0.25, 0.3) is 0 Å². The molecular weight excluding hydrogens is 301 g/mol. The molecule has 5 heteroatoms. The summed E-state index contributed by atoms with van der Waals surface area (Å²) in [5.41, 5.74) is 2.16. The topological polar surface area (TPSA) is 21.3 Å². The first-order valence-electron chi connectivity index (χ1n) is 5.95. The van der Waals surface area contributed by atoms with Crippen LogP contribution in [0.15, 0.2) is 29.0 Å². The third-order valence-electron chi connectivity index (χ3n) is 2.87. The molecule has 0 amide bonds. The molecule has 0 aliphatic heterocycles. The maximum absolute atomic E-state index is 6.35. The third-order valence-corrected chi connectivity index (χ3v) is 4.19. The standard InChI is InChI=1S/C14H15Cl2NOS/c1-3-17-14(9-4-5-19-8-9)10-6-12(16)13(18-2)7-11(10)15/h4-8,14,17H,3H2,1-2H3. The quantitative estimate of drug-likeness (QED) is 0.858. The van der Waals surface area contributed by atoms with Crippen molar-refractivity contribution in [1.82, 2.24) is 5.32 Å². The normalized spacial score (nSPS) is 12.4. The molecule has 0 saturated carbocycles. The Bertz CT molecular complexity index is 543. The maximum atomic E-state index is 6.35. The predicted molar refractivity (Wildman–Crippen MR) is 82.9 cm³/mol. The van der Waals surface area contributed by atoms with Gasteiger partial charge in [0.15, 0.2) is 0 Å². The van der Waals surface area contributed by atoms with Crippen molar-refractivity contribution in [2.24, 2.45) is 0 Å². The van der Waals surface area contributed by atoms with Crippen molar-refractivity contribution >= 4 is 34.5 Å². The van der Waals surface area contributed by atoms with Crippen LogP contribution in [-0.2, 0) is 0 Å². The molecule has 1 N–H and O–H groups in total. The van der Waals surface area contributed by atoms with Gasteiger partial charge in [-0.3, -0.25) is 0 Å². The van der Waals surface area contributed by atoms with Gasteiger partial charge in [-0.1, -0.05) is 30.1 Å². The van der Waals surface area contributed by atoms with Gasteiger partial charge in [-0.15, -0.1) is 0 Å². The Labute approximate surface area is 127 Å². The van der Waals surface area contributed by atoms with E-state index >= 15 is 0 Å². The molecule has 1 aromatic carbocycles. The van der Waals surface area contributed by atoms with Gasteiger partial charge in [-0.05, 0) is 40.6 Å². The Kier molecular flexibility index (Phi) is 5.11. The summed E-state index contributed by atoms with van der Waals surface area (Å²) >= 11 is 14.2. The Morgan fingerprint density at radius 3 is 2.68 bits per heavy atom. The lowest BCUT2D eigenvalue weighted by atomic mass is 10.0. The van der Waals surface area contributed by atoms with E-state index < -0.39 is 0 Å². The Balaban J connectivity index is 2.45. The number of nitrogens with one attached hydrogen (secondary N) is 1. The molecule has 2 nitrogen and oxygen atoms in total. The summed E-state index contributed by atoms with van der Waals surface area (Å²) in [6.07, 6.45) is 0. The number of hydrogen-bond donors (Lipinski definition) is 1. The van der Waals surface area contributed by atoms with E-state index in [-0.39, 0.29) is 6.04 Å². The molecule has 102 valence electrons. The Hall–Kier alpha value is -0.740.